The van der Waals surface area contributed by atoms with Crippen LogP contribution in [0.15, 0.2) is 136 Å². The fraction of sp³-hybridized carbons (Fsp3) is 0.262. The molecule has 51 heavy (non-hydrogen) atoms. The summed E-state index contributed by atoms with van der Waals surface area (Å²) >= 11 is 0. The molecule has 9 nitrogen and oxygen atoms in total. The van der Waals surface area contributed by atoms with Crippen molar-refractivity contribution in [2.24, 2.45) is 15.0 Å². The molecule has 2 saturated heterocycles. The zero-order chi connectivity index (χ0) is 34.0. The summed E-state index contributed by atoms with van der Waals surface area (Å²) in [4.78, 5) is 22.6. The molecule has 2 fully saturated rings. The standard InChI is InChI=1S/C42H43N9/c1-5-14-30(15-6-1)43-36-28-32(49-24-9-3-10-25-49)20-22-34(36)40-45-38-18-13-19-39-46-41(48-42(47-40)51(38)39)35-23-21-33(50-26-11-4-12-27-50)29-37(35)44-31-16-7-2-8-17-31/h1-2,5-8,13-23,28-29,42-44H,3-4,9-12,24-27H2,(H,45,47). The minimum atomic E-state index is -0.422. The summed E-state index contributed by atoms with van der Waals surface area (Å²) in [6, 6.07) is 34.1. The minimum Gasteiger partial charge on any atom is -0.371 e. The Bertz CT molecular complexity index is 2050. The lowest BCUT2D eigenvalue weighted by molar-refractivity contribution is 0.341. The topological polar surface area (TPSA) is 82.9 Å². The Hall–Kier alpha value is -5.83. The van der Waals surface area contributed by atoms with E-state index in [1.165, 1.54) is 49.9 Å². The lowest BCUT2D eigenvalue weighted by Crippen LogP contribution is -2.55. The van der Waals surface area contributed by atoms with Gasteiger partial charge in [-0.15, -0.1) is 0 Å². The Balaban J connectivity index is 1.09. The number of piperidine rings is 2. The summed E-state index contributed by atoms with van der Waals surface area (Å²) in [5.41, 5.74) is 8.46. The minimum absolute atomic E-state index is 0.422. The number of benzene rings is 4. The van der Waals surface area contributed by atoms with Gasteiger partial charge in [0.2, 0.25) is 6.29 Å². The predicted molar refractivity (Wildman–Crippen MR) is 211 cm³/mol. The molecule has 5 heterocycles. The number of nitrogens with one attached hydrogen (secondary N) is 3. The van der Waals surface area contributed by atoms with Crippen LogP contribution >= 0.6 is 0 Å². The molecule has 5 aliphatic heterocycles. The Morgan fingerprint density at radius 2 is 1.18 bits per heavy atom. The van der Waals surface area contributed by atoms with Gasteiger partial charge in [-0.05, 0) is 111 Å². The smallest absolute Gasteiger partial charge is 0.206 e. The molecule has 0 amide bonds. The number of nitrogens with zero attached hydrogens (tertiary/aromatic N) is 6. The van der Waals surface area contributed by atoms with Gasteiger partial charge in [-0.25, -0.2) is 15.0 Å². The van der Waals surface area contributed by atoms with Gasteiger partial charge in [0.1, 0.15) is 17.5 Å². The molecular formula is C42H43N9. The lowest BCUT2D eigenvalue weighted by Gasteiger charge is -2.39. The Labute approximate surface area is 299 Å². The van der Waals surface area contributed by atoms with Gasteiger partial charge in [0.25, 0.3) is 0 Å². The number of aliphatic imine (C=N–C) groups is 3. The number of rotatable bonds is 8. The Kier molecular flexibility index (Phi) is 8.45. The molecule has 0 radical (unpaired) electrons. The van der Waals surface area contributed by atoms with E-state index in [2.05, 4.69) is 116 Å². The number of hydrogen-bond donors (Lipinski definition) is 3. The van der Waals surface area contributed by atoms with Crippen LogP contribution in [-0.4, -0.2) is 54.9 Å². The monoisotopic (exact) mass is 673 g/mol. The van der Waals surface area contributed by atoms with Crippen LogP contribution in [0.1, 0.15) is 49.7 Å². The van der Waals surface area contributed by atoms with Gasteiger partial charge < -0.3 is 25.8 Å². The van der Waals surface area contributed by atoms with E-state index in [0.717, 1.165) is 77.5 Å². The van der Waals surface area contributed by atoms with E-state index in [1.807, 2.05) is 30.4 Å². The van der Waals surface area contributed by atoms with Crippen LogP contribution in [0.3, 0.4) is 0 Å². The quantitative estimate of drug-likeness (QED) is 0.174. The maximum absolute atomic E-state index is 5.29. The van der Waals surface area contributed by atoms with Crippen LogP contribution in [0, 0.1) is 0 Å². The van der Waals surface area contributed by atoms with Crippen LogP contribution in [0.25, 0.3) is 0 Å². The average Bonchev–Trinajstić information content (AvgIpc) is 3.19. The fourth-order valence-corrected chi connectivity index (χ4v) is 7.60. The van der Waals surface area contributed by atoms with Gasteiger partial charge in [-0.3, -0.25) is 4.90 Å². The second-order valence-corrected chi connectivity index (χ2v) is 13.7. The van der Waals surface area contributed by atoms with Crippen molar-refractivity contribution in [3.05, 3.63) is 132 Å². The van der Waals surface area contributed by atoms with Crippen molar-refractivity contribution in [1.29, 1.82) is 0 Å². The van der Waals surface area contributed by atoms with Gasteiger partial charge in [0.15, 0.2) is 5.84 Å². The van der Waals surface area contributed by atoms with Crippen LogP contribution in [0.4, 0.5) is 34.1 Å². The van der Waals surface area contributed by atoms with E-state index >= 15 is 0 Å². The maximum atomic E-state index is 5.29. The first kappa shape index (κ1) is 31.2. The van der Waals surface area contributed by atoms with Gasteiger partial charge in [-0.1, -0.05) is 42.5 Å². The molecule has 0 bridgehead atoms. The van der Waals surface area contributed by atoms with Gasteiger partial charge >= 0.3 is 0 Å². The van der Waals surface area contributed by atoms with E-state index in [1.54, 1.807) is 0 Å². The molecule has 1 unspecified atom stereocenters. The van der Waals surface area contributed by atoms with Gasteiger partial charge in [0.05, 0.1) is 11.4 Å². The molecule has 0 aliphatic carbocycles. The van der Waals surface area contributed by atoms with Crippen LogP contribution in [0.2, 0.25) is 0 Å². The summed E-state index contributed by atoms with van der Waals surface area (Å²) in [6.07, 6.45) is 13.2. The first-order chi connectivity index (χ1) is 25.2. The second-order valence-electron chi connectivity index (χ2n) is 13.7. The van der Waals surface area contributed by atoms with Crippen LogP contribution < -0.4 is 25.8 Å². The van der Waals surface area contributed by atoms with Crippen molar-refractivity contribution in [3.8, 4) is 0 Å². The van der Waals surface area contributed by atoms with Crippen molar-refractivity contribution in [2.45, 2.75) is 44.8 Å². The molecule has 9 heteroatoms. The third-order valence-electron chi connectivity index (χ3n) is 10.2. The molecule has 9 rings (SSSR count). The highest BCUT2D eigenvalue weighted by Crippen LogP contribution is 2.34. The summed E-state index contributed by atoms with van der Waals surface area (Å²) in [5.74, 6) is 3.07. The summed E-state index contributed by atoms with van der Waals surface area (Å²) in [5, 5.41) is 11.1. The van der Waals surface area contributed by atoms with E-state index in [9.17, 15) is 0 Å². The first-order valence-electron chi connectivity index (χ1n) is 18.4. The molecule has 0 aromatic heterocycles. The molecule has 5 aliphatic rings. The third kappa shape index (κ3) is 6.47. The van der Waals surface area contributed by atoms with E-state index in [0.29, 0.717) is 5.84 Å². The number of allylic oxidation sites excluding steroid dienone is 2. The molecule has 1 atom stereocenters. The Morgan fingerprint density at radius 3 is 1.78 bits per heavy atom. The largest absolute Gasteiger partial charge is 0.371 e. The van der Waals surface area contributed by atoms with Crippen LogP contribution in [-0.2, 0) is 0 Å². The third-order valence-corrected chi connectivity index (χ3v) is 10.2. The summed E-state index contributed by atoms with van der Waals surface area (Å²) in [6.45, 7) is 4.32. The molecule has 4 aromatic carbocycles. The Morgan fingerprint density at radius 1 is 0.608 bits per heavy atom. The van der Waals surface area contributed by atoms with Crippen molar-refractivity contribution in [2.75, 3.05) is 46.6 Å². The first-order valence-corrected chi connectivity index (χ1v) is 18.4. The normalized spacial score (nSPS) is 19.6. The van der Waals surface area contributed by atoms with E-state index in [-0.39, 0.29) is 0 Å². The SMILES string of the molecule is C1=CC2=NC(c3ccc(N4CCCCC4)cc3Nc3ccccc3)=NC3NC(c4ccc(N5CCCCC5)cc4Nc4ccccc4)=NC(=C1)N23. The molecule has 0 saturated carbocycles. The summed E-state index contributed by atoms with van der Waals surface area (Å²) in [7, 11) is 0. The highest BCUT2D eigenvalue weighted by atomic mass is 15.5. The fourth-order valence-electron chi connectivity index (χ4n) is 7.60. The average molecular weight is 674 g/mol. The van der Waals surface area contributed by atoms with Crippen LogP contribution in [0.5, 0.6) is 0 Å². The van der Waals surface area contributed by atoms with Gasteiger partial charge in [-0.2, -0.15) is 0 Å². The van der Waals surface area contributed by atoms with Crippen molar-refractivity contribution < 1.29 is 0 Å². The zero-order valence-corrected chi connectivity index (χ0v) is 28.8. The number of anilines is 6. The molecule has 4 aromatic rings. The lowest BCUT2D eigenvalue weighted by atomic mass is 10.1. The van der Waals surface area contributed by atoms with Crippen molar-refractivity contribution >= 4 is 51.6 Å². The highest BCUT2D eigenvalue weighted by Gasteiger charge is 2.35. The summed E-state index contributed by atoms with van der Waals surface area (Å²) < 4.78 is 0. The predicted octanol–water partition coefficient (Wildman–Crippen LogP) is 8.36. The number of amidine groups is 3. The highest BCUT2D eigenvalue weighted by molar-refractivity contribution is 6.15. The molecular weight excluding hydrogens is 631 g/mol. The molecule has 3 N–H and O–H groups in total. The maximum Gasteiger partial charge on any atom is 0.206 e. The molecule has 256 valence electrons. The van der Waals surface area contributed by atoms with Gasteiger partial charge in [0, 0.05) is 60.1 Å². The second kappa shape index (κ2) is 13.8. The molecule has 0 spiro atoms. The number of para-hydroxylation sites is 2. The number of hydrogen-bond acceptors (Lipinski definition) is 9. The van der Waals surface area contributed by atoms with E-state index < -0.39 is 6.29 Å². The van der Waals surface area contributed by atoms with E-state index in [4.69, 9.17) is 15.0 Å². The van der Waals surface area contributed by atoms with Crippen molar-refractivity contribution in [3.63, 3.8) is 0 Å². The van der Waals surface area contributed by atoms with Crippen molar-refractivity contribution in [1.82, 2.24) is 10.2 Å². The zero-order valence-electron chi connectivity index (χ0n) is 28.8.